The van der Waals surface area contributed by atoms with Gasteiger partial charge < -0.3 is 11.1 Å². The molecule has 11 heteroatoms. The van der Waals surface area contributed by atoms with Crippen molar-refractivity contribution in [3.05, 3.63) is 53.4 Å². The van der Waals surface area contributed by atoms with Crippen LogP contribution in [0.1, 0.15) is 18.5 Å². The van der Waals surface area contributed by atoms with Gasteiger partial charge in [-0.15, -0.1) is 0 Å². The van der Waals surface area contributed by atoms with Crippen LogP contribution in [0.5, 0.6) is 0 Å². The molecule has 1 aliphatic rings. The average Bonchev–Trinajstić information content (AvgIpc) is 3.53. The molecule has 8 nitrogen and oxygen atoms in total. The van der Waals surface area contributed by atoms with Crippen LogP contribution in [-0.2, 0) is 14.8 Å². The van der Waals surface area contributed by atoms with Crippen molar-refractivity contribution in [2.24, 2.45) is 11.7 Å². The summed E-state index contributed by atoms with van der Waals surface area (Å²) in [5, 5.41) is 3.21. The number of rotatable bonds is 7. The third-order valence-corrected chi connectivity index (χ3v) is 7.66. The molecule has 2 aromatic heterocycles. The summed E-state index contributed by atoms with van der Waals surface area (Å²) in [6.07, 6.45) is 3.47. The van der Waals surface area contributed by atoms with Gasteiger partial charge in [0.2, 0.25) is 5.91 Å². The van der Waals surface area contributed by atoms with E-state index in [1.165, 1.54) is 29.7 Å². The van der Waals surface area contributed by atoms with E-state index in [1.54, 1.807) is 31.2 Å². The standard InChI is InChI=1S/C20H20ClN5O3S2/c1-11-17(30-20(24-11)25-19(27)16(22)12-7-8-12)13-9-15(18(21)23-10-13)26-31(28,29)14-5-3-2-4-6-14/h2-6,9-10,12,16,26H,7-8,22H2,1H3,(H,24,25,27). The van der Waals surface area contributed by atoms with Crippen molar-refractivity contribution < 1.29 is 13.2 Å². The predicted molar refractivity (Wildman–Crippen MR) is 122 cm³/mol. The molecule has 0 aliphatic heterocycles. The fourth-order valence-electron chi connectivity index (χ4n) is 3.02. The summed E-state index contributed by atoms with van der Waals surface area (Å²) in [7, 11) is -3.82. The first-order chi connectivity index (χ1) is 14.7. The Kier molecular flexibility index (Phi) is 5.98. The van der Waals surface area contributed by atoms with E-state index in [2.05, 4.69) is 20.0 Å². The Morgan fingerprint density at radius 1 is 1.29 bits per heavy atom. The number of nitrogens with two attached hydrogens (primary N) is 1. The Morgan fingerprint density at radius 3 is 2.68 bits per heavy atom. The number of pyridine rings is 1. The largest absolute Gasteiger partial charge is 0.320 e. The molecule has 162 valence electrons. The van der Waals surface area contributed by atoms with Crippen molar-refractivity contribution in [2.45, 2.75) is 30.7 Å². The van der Waals surface area contributed by atoms with E-state index in [9.17, 15) is 13.2 Å². The van der Waals surface area contributed by atoms with Crippen LogP contribution in [0.25, 0.3) is 10.4 Å². The second kappa shape index (κ2) is 8.54. The van der Waals surface area contributed by atoms with Crippen molar-refractivity contribution in [3.8, 4) is 10.4 Å². The van der Waals surface area contributed by atoms with Gasteiger partial charge in [-0.3, -0.25) is 9.52 Å². The summed E-state index contributed by atoms with van der Waals surface area (Å²) >= 11 is 7.40. The van der Waals surface area contributed by atoms with E-state index in [-0.39, 0.29) is 27.6 Å². The van der Waals surface area contributed by atoms with Gasteiger partial charge in [-0.1, -0.05) is 41.1 Å². The lowest BCUT2D eigenvalue weighted by atomic mass is 10.2. The second-order valence-corrected chi connectivity index (χ2v) is 10.3. The summed E-state index contributed by atoms with van der Waals surface area (Å²) in [6, 6.07) is 9.04. The van der Waals surface area contributed by atoms with Crippen LogP contribution >= 0.6 is 22.9 Å². The summed E-state index contributed by atoms with van der Waals surface area (Å²) in [5.74, 6) is -0.0190. The Hall–Kier alpha value is -2.53. The van der Waals surface area contributed by atoms with E-state index in [1.807, 2.05) is 0 Å². The number of anilines is 2. The first-order valence-corrected chi connectivity index (χ1v) is 12.2. The van der Waals surface area contributed by atoms with Gasteiger partial charge in [-0.25, -0.2) is 18.4 Å². The fraction of sp³-hybridized carbons (Fsp3) is 0.250. The van der Waals surface area contributed by atoms with Crippen LogP contribution in [-0.4, -0.2) is 30.3 Å². The minimum Gasteiger partial charge on any atom is -0.320 e. The summed E-state index contributed by atoms with van der Waals surface area (Å²) in [5.41, 5.74) is 7.38. The molecular weight excluding hydrogens is 458 g/mol. The second-order valence-electron chi connectivity index (χ2n) is 7.27. The number of aryl methyl sites for hydroxylation is 1. The van der Waals surface area contributed by atoms with Gasteiger partial charge >= 0.3 is 0 Å². The zero-order valence-corrected chi connectivity index (χ0v) is 18.9. The molecule has 1 aromatic carbocycles. The highest BCUT2D eigenvalue weighted by molar-refractivity contribution is 7.92. The first kappa shape index (κ1) is 21.7. The van der Waals surface area contributed by atoms with E-state index in [0.717, 1.165) is 17.7 Å². The molecule has 1 fully saturated rings. The number of nitrogens with one attached hydrogen (secondary N) is 2. The van der Waals surface area contributed by atoms with E-state index >= 15 is 0 Å². The van der Waals surface area contributed by atoms with Gasteiger partial charge in [0.05, 0.1) is 27.2 Å². The van der Waals surface area contributed by atoms with Gasteiger partial charge in [-0.2, -0.15) is 0 Å². The van der Waals surface area contributed by atoms with Crippen molar-refractivity contribution in [1.29, 1.82) is 0 Å². The molecule has 1 atom stereocenters. The summed E-state index contributed by atoms with van der Waals surface area (Å²) < 4.78 is 27.8. The van der Waals surface area contributed by atoms with Gasteiger partial charge in [0.15, 0.2) is 10.3 Å². The molecule has 0 radical (unpaired) electrons. The molecular formula is C20H20ClN5O3S2. The monoisotopic (exact) mass is 477 g/mol. The number of benzene rings is 1. The van der Waals surface area contributed by atoms with Gasteiger partial charge in [-0.05, 0) is 43.9 Å². The fourth-order valence-corrected chi connectivity index (χ4v) is 5.26. The quantitative estimate of drug-likeness (QED) is 0.446. The molecule has 0 bridgehead atoms. The Bertz CT molecular complexity index is 1230. The Balaban J connectivity index is 1.58. The van der Waals surface area contributed by atoms with Crippen LogP contribution < -0.4 is 15.8 Å². The average molecular weight is 478 g/mol. The lowest BCUT2D eigenvalue weighted by molar-refractivity contribution is -0.117. The van der Waals surface area contributed by atoms with Crippen LogP contribution in [0.3, 0.4) is 0 Å². The smallest absolute Gasteiger partial charge is 0.261 e. The third kappa shape index (κ3) is 4.87. The zero-order valence-electron chi connectivity index (χ0n) is 16.5. The van der Waals surface area contributed by atoms with Gasteiger partial charge in [0.1, 0.15) is 0 Å². The lowest BCUT2D eigenvalue weighted by Gasteiger charge is -2.10. The molecule has 4 rings (SSSR count). The summed E-state index contributed by atoms with van der Waals surface area (Å²) in [6.45, 7) is 1.80. The highest BCUT2D eigenvalue weighted by Crippen LogP contribution is 2.36. The molecule has 0 spiro atoms. The third-order valence-electron chi connectivity index (χ3n) is 4.86. The highest BCUT2D eigenvalue weighted by atomic mass is 35.5. The van der Waals surface area contributed by atoms with E-state index in [0.29, 0.717) is 16.4 Å². The molecule has 1 aliphatic carbocycles. The molecule has 4 N–H and O–H groups in total. The van der Waals surface area contributed by atoms with Gasteiger partial charge in [0, 0.05) is 11.8 Å². The van der Waals surface area contributed by atoms with Crippen molar-refractivity contribution in [2.75, 3.05) is 10.0 Å². The Morgan fingerprint density at radius 2 is 2.00 bits per heavy atom. The highest BCUT2D eigenvalue weighted by Gasteiger charge is 2.33. The van der Waals surface area contributed by atoms with Crippen LogP contribution in [0, 0.1) is 12.8 Å². The number of thiazole rings is 1. The van der Waals surface area contributed by atoms with Crippen molar-refractivity contribution in [3.63, 3.8) is 0 Å². The number of hydrogen-bond acceptors (Lipinski definition) is 7. The molecule has 1 unspecified atom stereocenters. The predicted octanol–water partition coefficient (Wildman–Crippen LogP) is 3.64. The molecule has 1 saturated carbocycles. The van der Waals surface area contributed by atoms with Crippen molar-refractivity contribution >= 4 is 49.7 Å². The molecule has 1 amide bonds. The van der Waals surface area contributed by atoms with Crippen LogP contribution in [0.2, 0.25) is 5.15 Å². The van der Waals surface area contributed by atoms with Gasteiger partial charge in [0.25, 0.3) is 10.0 Å². The maximum absolute atomic E-state index is 12.7. The van der Waals surface area contributed by atoms with Crippen LogP contribution in [0.15, 0.2) is 47.5 Å². The maximum Gasteiger partial charge on any atom is 0.261 e. The van der Waals surface area contributed by atoms with Crippen LogP contribution in [0.4, 0.5) is 10.8 Å². The van der Waals surface area contributed by atoms with E-state index < -0.39 is 16.1 Å². The number of aromatic nitrogens is 2. The topological polar surface area (TPSA) is 127 Å². The SMILES string of the molecule is Cc1nc(NC(=O)C(N)C2CC2)sc1-c1cnc(Cl)c(NS(=O)(=O)c2ccccc2)c1. The minimum absolute atomic E-state index is 0.0226. The summed E-state index contributed by atoms with van der Waals surface area (Å²) in [4.78, 5) is 21.6. The molecule has 3 aromatic rings. The zero-order chi connectivity index (χ0) is 22.2. The number of sulfonamides is 1. The number of halogens is 1. The molecule has 0 saturated heterocycles. The normalized spacial score (nSPS) is 14.8. The van der Waals surface area contributed by atoms with Crippen molar-refractivity contribution in [1.82, 2.24) is 9.97 Å². The molecule has 2 heterocycles. The lowest BCUT2D eigenvalue weighted by Crippen LogP contribution is -2.37. The number of carbonyl (C=O) groups excluding carboxylic acids is 1. The molecule has 31 heavy (non-hydrogen) atoms. The first-order valence-electron chi connectivity index (χ1n) is 9.52. The number of amides is 1. The maximum atomic E-state index is 12.7. The van der Waals surface area contributed by atoms with E-state index in [4.69, 9.17) is 17.3 Å². The number of hydrogen-bond donors (Lipinski definition) is 3. The number of nitrogens with zero attached hydrogens (tertiary/aromatic N) is 2. The number of carbonyl (C=O) groups is 1. The Labute approximate surface area is 188 Å². The minimum atomic E-state index is -3.82.